The Hall–Kier alpha value is -3.55. The Kier molecular flexibility index (Phi) is 6.90. The first-order valence-electron chi connectivity index (χ1n) is 9.51. The van der Waals surface area contributed by atoms with Gasteiger partial charge in [-0.3, -0.25) is 4.99 Å². The average molecular weight is 412 g/mol. The number of hydrogen-bond donors (Lipinski definition) is 3. The van der Waals surface area contributed by atoms with Gasteiger partial charge in [-0.15, -0.1) is 0 Å². The number of H-pyrrole nitrogens is 1. The Morgan fingerprint density at radius 3 is 2.73 bits per heavy atom. The van der Waals surface area contributed by atoms with E-state index in [0.29, 0.717) is 30.4 Å². The van der Waals surface area contributed by atoms with E-state index in [-0.39, 0.29) is 5.82 Å². The summed E-state index contributed by atoms with van der Waals surface area (Å²) in [4.78, 5) is 19.2. The van der Waals surface area contributed by atoms with Crippen LogP contribution in [0.1, 0.15) is 21.5 Å². The molecule has 0 bridgehead atoms. The first-order valence-corrected chi connectivity index (χ1v) is 9.51. The number of carbonyl (C=O) groups excluding carboxylic acids is 1. The van der Waals surface area contributed by atoms with Gasteiger partial charge in [-0.1, -0.05) is 6.07 Å². The first kappa shape index (κ1) is 21.2. The Morgan fingerprint density at radius 2 is 2.00 bits per heavy atom. The fourth-order valence-corrected chi connectivity index (χ4v) is 3.22. The molecule has 8 heteroatoms. The van der Waals surface area contributed by atoms with Gasteiger partial charge >= 0.3 is 5.97 Å². The second kappa shape index (κ2) is 9.78. The molecule has 1 heterocycles. The van der Waals surface area contributed by atoms with E-state index in [0.717, 1.165) is 28.5 Å². The van der Waals surface area contributed by atoms with Crippen LogP contribution in [0.4, 0.5) is 4.39 Å². The van der Waals surface area contributed by atoms with Crippen LogP contribution >= 0.6 is 0 Å². The second-order valence-corrected chi connectivity index (χ2v) is 6.63. The summed E-state index contributed by atoms with van der Waals surface area (Å²) in [6.45, 7) is 1.13. The number of carbonyl (C=O) groups is 1. The molecule has 0 radical (unpaired) electrons. The van der Waals surface area contributed by atoms with Crippen LogP contribution in [-0.2, 0) is 17.7 Å². The molecule has 0 aliphatic rings. The van der Waals surface area contributed by atoms with E-state index in [1.807, 2.05) is 12.3 Å². The molecular formula is C22H25FN4O3. The van der Waals surface area contributed by atoms with Crippen LogP contribution in [0.3, 0.4) is 0 Å². The fraction of sp³-hybridized carbons (Fsp3) is 0.273. The molecule has 158 valence electrons. The van der Waals surface area contributed by atoms with E-state index in [4.69, 9.17) is 9.47 Å². The highest BCUT2D eigenvalue weighted by molar-refractivity contribution is 5.92. The number of methoxy groups -OCH3 is 2. The number of aliphatic imine (C=N–C) groups is 1. The third-order valence-corrected chi connectivity index (χ3v) is 4.77. The summed E-state index contributed by atoms with van der Waals surface area (Å²) in [5, 5.41) is 7.49. The van der Waals surface area contributed by atoms with Crippen molar-refractivity contribution in [3.63, 3.8) is 0 Å². The number of esters is 1. The summed E-state index contributed by atoms with van der Waals surface area (Å²) in [6.07, 6.45) is 2.65. The first-order chi connectivity index (χ1) is 14.5. The molecular weight excluding hydrogens is 387 g/mol. The van der Waals surface area contributed by atoms with E-state index in [1.54, 1.807) is 25.2 Å². The van der Waals surface area contributed by atoms with Crippen molar-refractivity contribution in [3.05, 3.63) is 65.1 Å². The maximum Gasteiger partial charge on any atom is 0.341 e. The highest BCUT2D eigenvalue weighted by Crippen LogP contribution is 2.21. The van der Waals surface area contributed by atoms with Gasteiger partial charge in [-0.2, -0.15) is 0 Å². The normalized spacial score (nSPS) is 11.4. The van der Waals surface area contributed by atoms with Gasteiger partial charge in [0.05, 0.1) is 14.2 Å². The number of hydrogen-bond acceptors (Lipinski definition) is 4. The summed E-state index contributed by atoms with van der Waals surface area (Å²) in [5.41, 5.74) is 3.15. The lowest BCUT2D eigenvalue weighted by atomic mass is 10.1. The van der Waals surface area contributed by atoms with Crippen molar-refractivity contribution in [2.24, 2.45) is 4.99 Å². The van der Waals surface area contributed by atoms with Gasteiger partial charge in [0.15, 0.2) is 5.96 Å². The molecule has 30 heavy (non-hydrogen) atoms. The van der Waals surface area contributed by atoms with E-state index in [1.165, 1.54) is 26.4 Å². The monoisotopic (exact) mass is 412 g/mol. The lowest BCUT2D eigenvalue weighted by Crippen LogP contribution is -2.37. The smallest absolute Gasteiger partial charge is 0.341 e. The number of nitrogens with zero attached hydrogens (tertiary/aromatic N) is 1. The molecule has 3 aromatic rings. The Balaban J connectivity index is 1.56. The third-order valence-electron chi connectivity index (χ3n) is 4.77. The Bertz CT molecular complexity index is 1060. The summed E-state index contributed by atoms with van der Waals surface area (Å²) in [6, 6.07) is 10.1. The standard InChI is InChI=1S/C22H25FN4O3/c1-24-22(25-9-8-15-13-26-19-11-16(23)5-6-17(15)19)27-12-14-4-7-20(29-2)18(10-14)21(28)30-3/h4-7,10-11,13,26H,8-9,12H2,1-3H3,(H2,24,25,27). The minimum Gasteiger partial charge on any atom is -0.496 e. The molecule has 3 rings (SSSR count). The van der Waals surface area contributed by atoms with Crippen molar-refractivity contribution in [2.75, 3.05) is 27.8 Å². The van der Waals surface area contributed by atoms with Crippen LogP contribution in [-0.4, -0.2) is 44.7 Å². The summed E-state index contributed by atoms with van der Waals surface area (Å²) in [5.74, 6) is 0.394. The lowest BCUT2D eigenvalue weighted by Gasteiger charge is -2.13. The van der Waals surface area contributed by atoms with Gasteiger partial charge in [0.1, 0.15) is 17.1 Å². The zero-order valence-electron chi connectivity index (χ0n) is 17.2. The molecule has 0 aliphatic heterocycles. The number of halogens is 1. The Morgan fingerprint density at radius 1 is 1.17 bits per heavy atom. The van der Waals surface area contributed by atoms with Crippen molar-refractivity contribution in [1.29, 1.82) is 0 Å². The highest BCUT2D eigenvalue weighted by Gasteiger charge is 2.13. The minimum absolute atomic E-state index is 0.257. The van der Waals surface area contributed by atoms with Gasteiger partial charge in [0, 0.05) is 37.2 Å². The van der Waals surface area contributed by atoms with Crippen molar-refractivity contribution in [2.45, 2.75) is 13.0 Å². The van der Waals surface area contributed by atoms with Gasteiger partial charge in [-0.25, -0.2) is 9.18 Å². The van der Waals surface area contributed by atoms with Crippen molar-refractivity contribution in [1.82, 2.24) is 15.6 Å². The molecule has 0 spiro atoms. The molecule has 0 atom stereocenters. The predicted molar refractivity (Wildman–Crippen MR) is 114 cm³/mol. The maximum absolute atomic E-state index is 13.3. The fourth-order valence-electron chi connectivity index (χ4n) is 3.22. The molecule has 0 unspecified atom stereocenters. The molecule has 1 aromatic heterocycles. The minimum atomic E-state index is -0.449. The van der Waals surface area contributed by atoms with E-state index < -0.39 is 5.97 Å². The van der Waals surface area contributed by atoms with Crippen LogP contribution in [0.2, 0.25) is 0 Å². The largest absolute Gasteiger partial charge is 0.496 e. The van der Waals surface area contributed by atoms with Crippen LogP contribution in [0.25, 0.3) is 10.9 Å². The topological polar surface area (TPSA) is 87.7 Å². The number of aromatic nitrogens is 1. The Labute approximate surface area is 174 Å². The number of rotatable bonds is 7. The molecule has 7 nitrogen and oxygen atoms in total. The van der Waals surface area contributed by atoms with Crippen LogP contribution in [0.5, 0.6) is 5.75 Å². The number of nitrogens with one attached hydrogen (secondary N) is 3. The molecule has 0 amide bonds. The molecule has 3 N–H and O–H groups in total. The number of guanidine groups is 1. The highest BCUT2D eigenvalue weighted by atomic mass is 19.1. The van der Waals surface area contributed by atoms with Gasteiger partial charge in [0.25, 0.3) is 0 Å². The summed E-state index contributed by atoms with van der Waals surface area (Å²) in [7, 11) is 4.54. The zero-order chi connectivity index (χ0) is 21.5. The van der Waals surface area contributed by atoms with Crippen LogP contribution in [0.15, 0.2) is 47.6 Å². The van der Waals surface area contributed by atoms with Gasteiger partial charge in [0.2, 0.25) is 0 Å². The SMILES string of the molecule is CN=C(NCCc1c[nH]c2cc(F)ccc12)NCc1ccc(OC)c(C(=O)OC)c1. The maximum atomic E-state index is 13.3. The number of ether oxygens (including phenoxy) is 2. The molecule has 0 fully saturated rings. The number of aromatic amines is 1. The predicted octanol–water partition coefficient (Wildman–Crippen LogP) is 3.01. The second-order valence-electron chi connectivity index (χ2n) is 6.63. The third kappa shape index (κ3) is 4.89. The van der Waals surface area contributed by atoms with Crippen molar-refractivity contribution in [3.8, 4) is 5.75 Å². The van der Waals surface area contributed by atoms with E-state index in [2.05, 4.69) is 20.6 Å². The lowest BCUT2D eigenvalue weighted by molar-refractivity contribution is 0.0597. The summed E-state index contributed by atoms with van der Waals surface area (Å²) >= 11 is 0. The molecule has 0 aliphatic carbocycles. The van der Waals surface area contributed by atoms with Gasteiger partial charge in [-0.05, 0) is 47.9 Å². The van der Waals surface area contributed by atoms with E-state index >= 15 is 0 Å². The number of benzene rings is 2. The van der Waals surface area contributed by atoms with E-state index in [9.17, 15) is 9.18 Å². The number of fused-ring (bicyclic) bond motifs is 1. The van der Waals surface area contributed by atoms with Crippen LogP contribution < -0.4 is 15.4 Å². The van der Waals surface area contributed by atoms with Crippen molar-refractivity contribution < 1.29 is 18.7 Å². The van der Waals surface area contributed by atoms with Gasteiger partial charge < -0.3 is 25.1 Å². The average Bonchev–Trinajstić information content (AvgIpc) is 3.17. The molecule has 0 saturated heterocycles. The molecule has 2 aromatic carbocycles. The zero-order valence-corrected chi connectivity index (χ0v) is 17.2. The summed E-state index contributed by atoms with van der Waals surface area (Å²) < 4.78 is 23.3. The quantitative estimate of drug-likeness (QED) is 0.315. The van der Waals surface area contributed by atoms with Crippen molar-refractivity contribution >= 4 is 22.8 Å². The molecule has 0 saturated carbocycles. The van der Waals surface area contributed by atoms with Crippen LogP contribution in [0, 0.1) is 5.82 Å².